The van der Waals surface area contributed by atoms with E-state index in [0.29, 0.717) is 72.6 Å². The summed E-state index contributed by atoms with van der Waals surface area (Å²) in [6, 6.07) is 9.78. The smallest absolute Gasteiger partial charge is 0.294 e. The summed E-state index contributed by atoms with van der Waals surface area (Å²) in [5, 5.41) is 17.7. The Morgan fingerprint density at radius 3 is 2.11 bits per heavy atom. The molecule has 1 aromatic heterocycles. The van der Waals surface area contributed by atoms with Gasteiger partial charge < -0.3 is 15.5 Å². The highest BCUT2D eigenvalue weighted by Gasteiger charge is 2.40. The van der Waals surface area contributed by atoms with E-state index in [1.165, 1.54) is 12.1 Å². The van der Waals surface area contributed by atoms with Crippen LogP contribution in [-0.2, 0) is 56.0 Å². The quantitative estimate of drug-likeness (QED) is 0.0105. The Kier molecular flexibility index (Phi) is 22.0. The van der Waals surface area contributed by atoms with E-state index in [4.69, 9.17) is 10.1 Å². The van der Waals surface area contributed by atoms with Gasteiger partial charge in [-0.3, -0.25) is 28.2 Å². The number of rotatable bonds is 28. The van der Waals surface area contributed by atoms with E-state index in [2.05, 4.69) is 43.4 Å². The van der Waals surface area contributed by atoms with Gasteiger partial charge >= 0.3 is 0 Å². The second kappa shape index (κ2) is 26.3. The van der Waals surface area contributed by atoms with Crippen molar-refractivity contribution in [2.45, 2.75) is 112 Å². The van der Waals surface area contributed by atoms with E-state index in [-0.39, 0.29) is 52.0 Å². The number of nitrogens with zero attached hydrogens (tertiary/aromatic N) is 4. The summed E-state index contributed by atoms with van der Waals surface area (Å²) in [4.78, 5) is 32.2. The van der Waals surface area contributed by atoms with E-state index >= 15 is 0 Å². The molecule has 26 heteroatoms. The Balaban J connectivity index is 1.42. The van der Waals surface area contributed by atoms with Crippen molar-refractivity contribution in [1.29, 1.82) is 0 Å². The first kappa shape index (κ1) is 60.3. The van der Waals surface area contributed by atoms with Crippen molar-refractivity contribution >= 4 is 103 Å². The molecule has 2 amide bonds. The molecular weight excluding hydrogens is 1150 g/mol. The number of carbonyl (C=O) groups excluding carboxylic acids is 2. The van der Waals surface area contributed by atoms with Gasteiger partial charge in [0, 0.05) is 63.1 Å². The standard InChI is InChI=1S/C46H62IN7O13S5/c1-45(2,35-31-33(22-24-37(35)47)42(56)50-27-14-10-6-9-13-21-41(55)51-43-52-53-44(68-43)71(48,63)64)39(49-26-15-17-29-69(57,58)59)19-11-7-5-8-12-20-40-46(3,4)36-32-34(72(65,66)67)23-25-38(36)54(40)28-16-18-30-70(60,61)62/h5,7-8,11-12,19-20,22-25,31-32H,6,9-10,13-18,21,26-30H2,1-4H3,(H,50,56)(H2,48,63,64)(H,51,52,55)(H,57,58,59)(H,60,61,62)(H,65,66,67)/b7-5+,12-8+,19-11+,40-20+,49-39+. The molecule has 0 saturated carbocycles. The first-order chi connectivity index (χ1) is 33.5. The third kappa shape index (κ3) is 18.9. The highest BCUT2D eigenvalue weighted by Crippen LogP contribution is 2.48. The third-order valence-electron chi connectivity index (χ3n) is 11.5. The topological polar surface area (TPSA) is 323 Å². The minimum atomic E-state index is -4.48. The van der Waals surface area contributed by atoms with Crippen molar-refractivity contribution in [3.8, 4) is 0 Å². The Bertz CT molecular complexity index is 3040. The van der Waals surface area contributed by atoms with E-state index in [1.807, 2.05) is 63.0 Å². The van der Waals surface area contributed by atoms with Gasteiger partial charge in [-0.15, -0.1) is 10.2 Å². The van der Waals surface area contributed by atoms with Crippen molar-refractivity contribution in [1.82, 2.24) is 15.5 Å². The van der Waals surface area contributed by atoms with Crippen LogP contribution >= 0.6 is 33.9 Å². The lowest BCUT2D eigenvalue weighted by atomic mass is 9.79. The Morgan fingerprint density at radius 2 is 1.46 bits per heavy atom. The Morgan fingerprint density at radius 1 is 0.819 bits per heavy atom. The third-order valence-corrected chi connectivity index (χ3v) is 17.1. The molecule has 0 atom stereocenters. The zero-order valence-electron chi connectivity index (χ0n) is 40.3. The van der Waals surface area contributed by atoms with Gasteiger partial charge in [0.05, 0.1) is 16.4 Å². The van der Waals surface area contributed by atoms with E-state index in [9.17, 15) is 56.9 Å². The average molecular weight is 1210 g/mol. The van der Waals surface area contributed by atoms with E-state index < -0.39 is 62.7 Å². The summed E-state index contributed by atoms with van der Waals surface area (Å²) >= 11 is 2.89. The summed E-state index contributed by atoms with van der Waals surface area (Å²) in [5.41, 5.74) is 2.62. The van der Waals surface area contributed by atoms with Crippen LogP contribution in [0.3, 0.4) is 0 Å². The van der Waals surface area contributed by atoms with Gasteiger partial charge in [0.2, 0.25) is 15.4 Å². The summed E-state index contributed by atoms with van der Waals surface area (Å²) in [6.07, 6.45) is 17.8. The second-order valence-electron chi connectivity index (χ2n) is 17.9. The van der Waals surface area contributed by atoms with Crippen LogP contribution in [0.15, 0.2) is 98.9 Å². The van der Waals surface area contributed by atoms with Gasteiger partial charge in [0.15, 0.2) is 0 Å². The monoisotopic (exact) mass is 1210 g/mol. The number of allylic oxidation sites excluding steroid dienone is 8. The first-order valence-electron chi connectivity index (χ1n) is 22.8. The number of hydrogen-bond acceptors (Lipinski definition) is 15. The van der Waals surface area contributed by atoms with E-state index in [0.717, 1.165) is 34.1 Å². The molecule has 0 unspecified atom stereocenters. The van der Waals surface area contributed by atoms with Gasteiger partial charge in [-0.25, -0.2) is 13.6 Å². The fourth-order valence-electron chi connectivity index (χ4n) is 7.74. The largest absolute Gasteiger partial charge is 0.352 e. The zero-order valence-corrected chi connectivity index (χ0v) is 46.6. The van der Waals surface area contributed by atoms with Crippen LogP contribution < -0.4 is 20.7 Å². The zero-order chi connectivity index (χ0) is 53.5. The molecule has 20 nitrogen and oxygen atoms in total. The molecule has 3 aromatic rings. The normalized spacial score (nSPS) is 15.3. The predicted octanol–water partition coefficient (Wildman–Crippen LogP) is 7.15. The number of unbranched alkanes of at least 4 members (excludes halogenated alkanes) is 6. The van der Waals surface area contributed by atoms with Crippen molar-refractivity contribution in [2.75, 3.05) is 41.4 Å². The number of primary sulfonamides is 1. The number of hydrogen-bond donors (Lipinski definition) is 6. The number of nitrogens with one attached hydrogen (secondary N) is 2. The Hall–Kier alpha value is -4.26. The molecule has 0 saturated heterocycles. The maximum atomic E-state index is 13.4. The molecule has 396 valence electrons. The molecular formula is C46H62IN7O13S5. The van der Waals surface area contributed by atoms with Gasteiger partial charge in [0.1, 0.15) is 0 Å². The van der Waals surface area contributed by atoms with E-state index in [1.54, 1.807) is 36.4 Å². The minimum Gasteiger partial charge on any atom is -0.352 e. The molecule has 0 aliphatic carbocycles. The summed E-state index contributed by atoms with van der Waals surface area (Å²) < 4.78 is 121. The summed E-state index contributed by atoms with van der Waals surface area (Å²) in [7, 11) is -16.8. The number of nitrogens with two attached hydrogens (primary N) is 1. The SMILES string of the molecule is CC(C)(C(/C=C/C=C/C=C/C=C1/N(CCCCS(=O)(=O)O)c2ccc(S(=O)(=O)O)cc2C1(C)C)=N/CCCCS(=O)(=O)O)c1cc(C(=O)NCCCCCCCC(=O)Nc2nnc(S(N)(=O)=O)s2)ccc1I. The molecule has 0 bridgehead atoms. The molecule has 7 N–H and O–H groups in total. The van der Waals surface area contributed by atoms with Crippen LogP contribution in [0, 0.1) is 3.57 Å². The predicted molar refractivity (Wildman–Crippen MR) is 288 cm³/mol. The van der Waals surface area contributed by atoms with Crippen LogP contribution in [-0.4, -0.2) is 106 Å². The molecule has 2 aromatic carbocycles. The number of halogens is 1. The molecule has 1 aliphatic heterocycles. The molecule has 1 aliphatic rings. The number of benzene rings is 2. The molecule has 2 heterocycles. The van der Waals surface area contributed by atoms with Crippen molar-refractivity contribution < 1.29 is 56.9 Å². The summed E-state index contributed by atoms with van der Waals surface area (Å²) in [5.74, 6) is -1.36. The number of aliphatic imine (C=N–C) groups is 1. The van der Waals surface area contributed by atoms with Crippen LogP contribution in [0.2, 0.25) is 0 Å². The van der Waals surface area contributed by atoms with Crippen molar-refractivity contribution in [3.05, 3.63) is 105 Å². The number of aromatic nitrogens is 2. The average Bonchev–Trinajstić information content (AvgIpc) is 3.83. The maximum Gasteiger partial charge on any atom is 0.294 e. The van der Waals surface area contributed by atoms with Gasteiger partial charge in [-0.05, 0) is 121 Å². The fraction of sp³-hybridized carbons (Fsp3) is 0.457. The second-order valence-corrected chi connectivity index (χ2v) is 26.4. The van der Waals surface area contributed by atoms with Crippen molar-refractivity contribution in [2.24, 2.45) is 10.1 Å². The van der Waals surface area contributed by atoms with Gasteiger partial charge in [-0.1, -0.05) is 88.7 Å². The fourth-order valence-corrected chi connectivity index (χ4v) is 11.7. The molecule has 4 rings (SSSR count). The lowest BCUT2D eigenvalue weighted by Gasteiger charge is -2.28. The van der Waals surface area contributed by atoms with Crippen LogP contribution in [0.5, 0.6) is 0 Å². The van der Waals surface area contributed by atoms with Crippen LogP contribution in [0.4, 0.5) is 10.8 Å². The lowest BCUT2D eigenvalue weighted by Crippen LogP contribution is -2.30. The van der Waals surface area contributed by atoms with Gasteiger partial charge in [0.25, 0.3) is 46.3 Å². The number of fused-ring (bicyclic) bond motifs is 1. The van der Waals surface area contributed by atoms with Crippen molar-refractivity contribution in [3.63, 3.8) is 0 Å². The maximum absolute atomic E-state index is 13.4. The van der Waals surface area contributed by atoms with Crippen LogP contribution in [0.1, 0.15) is 113 Å². The Labute approximate surface area is 440 Å². The highest BCUT2D eigenvalue weighted by molar-refractivity contribution is 14.1. The molecule has 72 heavy (non-hydrogen) atoms. The number of carbonyl (C=O) groups is 2. The summed E-state index contributed by atoms with van der Waals surface area (Å²) in [6.45, 7) is 8.85. The number of amides is 2. The molecule has 0 spiro atoms. The van der Waals surface area contributed by atoms with Gasteiger partial charge in [-0.2, -0.15) is 25.3 Å². The van der Waals surface area contributed by atoms with Crippen LogP contribution in [0.25, 0.3) is 0 Å². The molecule has 0 fully saturated rings. The minimum absolute atomic E-state index is 0.0522. The first-order valence-corrected chi connectivity index (χ1v) is 30.9. The number of anilines is 2. The highest BCUT2D eigenvalue weighted by atomic mass is 127. The lowest BCUT2D eigenvalue weighted by molar-refractivity contribution is -0.116. The molecule has 0 radical (unpaired) electrons. The number of sulfonamides is 1.